The van der Waals surface area contributed by atoms with E-state index in [9.17, 15) is 14.4 Å². The first-order chi connectivity index (χ1) is 8.45. The number of esters is 1. The molecule has 0 spiro atoms. The van der Waals surface area contributed by atoms with Crippen LogP contribution in [0.4, 0.5) is 5.69 Å². The van der Waals surface area contributed by atoms with Crippen molar-refractivity contribution in [1.29, 1.82) is 0 Å². The molecule has 0 atom stereocenters. The van der Waals surface area contributed by atoms with Crippen molar-refractivity contribution in [1.82, 2.24) is 0 Å². The summed E-state index contributed by atoms with van der Waals surface area (Å²) in [6.07, 6.45) is 0. The van der Waals surface area contributed by atoms with Crippen molar-refractivity contribution >= 4 is 39.5 Å². The number of amides is 1. The highest BCUT2D eigenvalue weighted by atomic mass is 79.9. The normalized spacial score (nSPS) is 9.67. The Morgan fingerprint density at radius 3 is 2.61 bits per heavy atom. The first-order valence-corrected chi connectivity index (χ1v) is 5.76. The number of carbonyl (C=O) groups is 3. The van der Waals surface area contributed by atoms with Crippen LogP contribution in [0.5, 0.6) is 0 Å². The zero-order chi connectivity index (χ0) is 13.7. The molecule has 0 radical (unpaired) electrons. The smallest absolute Gasteiger partial charge is 0.397 e. The molecule has 1 rings (SSSR count). The van der Waals surface area contributed by atoms with E-state index in [4.69, 9.17) is 5.11 Å². The van der Waals surface area contributed by atoms with Crippen LogP contribution in [0.2, 0.25) is 0 Å². The Morgan fingerprint density at radius 1 is 1.39 bits per heavy atom. The standard InChI is InChI=1S/C11H10BrNO5/c1-2-18-11(17)9(14)13-8-4-3-6(12)5-7(8)10(15)16/h3-5H,2H2,1H3,(H,13,14)(H,15,16). The van der Waals surface area contributed by atoms with E-state index < -0.39 is 17.8 Å². The van der Waals surface area contributed by atoms with Crippen molar-refractivity contribution < 1.29 is 24.2 Å². The third-order valence-corrected chi connectivity index (χ3v) is 2.41. The molecule has 0 aliphatic carbocycles. The number of anilines is 1. The van der Waals surface area contributed by atoms with Gasteiger partial charge in [0.15, 0.2) is 0 Å². The number of benzene rings is 1. The Bertz CT molecular complexity index is 500. The van der Waals surface area contributed by atoms with Gasteiger partial charge in [-0.05, 0) is 25.1 Å². The summed E-state index contributed by atoms with van der Waals surface area (Å²) in [7, 11) is 0. The largest absolute Gasteiger partial charge is 0.478 e. The van der Waals surface area contributed by atoms with Crippen LogP contribution in [0.15, 0.2) is 22.7 Å². The molecule has 18 heavy (non-hydrogen) atoms. The van der Waals surface area contributed by atoms with Crippen molar-refractivity contribution in [2.24, 2.45) is 0 Å². The molecule has 1 aromatic rings. The van der Waals surface area contributed by atoms with Gasteiger partial charge < -0.3 is 15.2 Å². The lowest BCUT2D eigenvalue weighted by Crippen LogP contribution is -2.25. The number of aromatic carboxylic acids is 1. The highest BCUT2D eigenvalue weighted by Gasteiger charge is 2.18. The van der Waals surface area contributed by atoms with E-state index >= 15 is 0 Å². The number of carboxylic acid groups (broad SMARTS) is 1. The number of carbonyl (C=O) groups excluding carboxylic acids is 2. The van der Waals surface area contributed by atoms with Crippen LogP contribution < -0.4 is 5.32 Å². The van der Waals surface area contributed by atoms with E-state index in [1.54, 1.807) is 13.0 Å². The van der Waals surface area contributed by atoms with Gasteiger partial charge in [-0.25, -0.2) is 9.59 Å². The van der Waals surface area contributed by atoms with Gasteiger partial charge in [-0.15, -0.1) is 0 Å². The number of nitrogens with one attached hydrogen (secondary N) is 1. The van der Waals surface area contributed by atoms with Gasteiger partial charge in [0.1, 0.15) is 0 Å². The van der Waals surface area contributed by atoms with E-state index in [0.29, 0.717) is 4.47 Å². The third-order valence-electron chi connectivity index (χ3n) is 1.92. The number of ether oxygens (including phenoxy) is 1. The van der Waals surface area contributed by atoms with Gasteiger partial charge >= 0.3 is 17.8 Å². The van der Waals surface area contributed by atoms with Gasteiger partial charge in [0.25, 0.3) is 0 Å². The van der Waals surface area contributed by atoms with Gasteiger partial charge in [-0.2, -0.15) is 0 Å². The average Bonchev–Trinajstić information content (AvgIpc) is 2.31. The zero-order valence-corrected chi connectivity index (χ0v) is 11.0. The fourth-order valence-electron chi connectivity index (χ4n) is 1.17. The number of carboxylic acids is 1. The molecule has 96 valence electrons. The monoisotopic (exact) mass is 315 g/mol. The van der Waals surface area contributed by atoms with E-state index in [1.165, 1.54) is 12.1 Å². The lowest BCUT2D eigenvalue weighted by molar-refractivity contribution is -0.152. The first-order valence-electron chi connectivity index (χ1n) is 4.96. The second-order valence-electron chi connectivity index (χ2n) is 3.17. The second kappa shape index (κ2) is 6.15. The van der Waals surface area contributed by atoms with E-state index in [-0.39, 0.29) is 17.9 Å². The zero-order valence-electron chi connectivity index (χ0n) is 9.40. The number of hydrogen-bond acceptors (Lipinski definition) is 4. The predicted molar refractivity (Wildman–Crippen MR) is 66.4 cm³/mol. The molecule has 0 unspecified atom stereocenters. The maximum atomic E-state index is 11.4. The summed E-state index contributed by atoms with van der Waals surface area (Å²) < 4.78 is 5.04. The summed E-state index contributed by atoms with van der Waals surface area (Å²) >= 11 is 3.12. The molecule has 0 aliphatic heterocycles. The van der Waals surface area contributed by atoms with Gasteiger partial charge in [0.2, 0.25) is 0 Å². The fraction of sp³-hybridized carbons (Fsp3) is 0.182. The van der Waals surface area contributed by atoms with Crippen LogP contribution in [0, 0.1) is 0 Å². The van der Waals surface area contributed by atoms with Crippen LogP contribution in [-0.4, -0.2) is 29.6 Å². The van der Waals surface area contributed by atoms with E-state index in [2.05, 4.69) is 26.0 Å². The summed E-state index contributed by atoms with van der Waals surface area (Å²) in [6.45, 7) is 1.63. The summed E-state index contributed by atoms with van der Waals surface area (Å²) in [5.41, 5.74) is -0.0919. The van der Waals surface area contributed by atoms with Crippen molar-refractivity contribution in [2.45, 2.75) is 6.92 Å². The molecule has 0 saturated heterocycles. The topological polar surface area (TPSA) is 92.7 Å². The molecule has 1 amide bonds. The molecule has 7 heteroatoms. The van der Waals surface area contributed by atoms with E-state index in [1.807, 2.05) is 0 Å². The Kier molecular flexibility index (Phi) is 4.85. The van der Waals surface area contributed by atoms with Crippen molar-refractivity contribution in [2.75, 3.05) is 11.9 Å². The maximum absolute atomic E-state index is 11.4. The number of halogens is 1. The molecular formula is C11H10BrNO5. The van der Waals surface area contributed by atoms with Crippen LogP contribution >= 0.6 is 15.9 Å². The number of hydrogen-bond donors (Lipinski definition) is 2. The first kappa shape index (κ1) is 14.2. The van der Waals surface area contributed by atoms with Crippen molar-refractivity contribution in [3.63, 3.8) is 0 Å². The van der Waals surface area contributed by atoms with Crippen molar-refractivity contribution in [3.05, 3.63) is 28.2 Å². The maximum Gasteiger partial charge on any atom is 0.397 e. The molecule has 0 heterocycles. The molecule has 2 N–H and O–H groups in total. The van der Waals surface area contributed by atoms with Gasteiger partial charge in [-0.3, -0.25) is 4.79 Å². The summed E-state index contributed by atoms with van der Waals surface area (Å²) in [5.74, 6) is -3.28. The Hall–Kier alpha value is -1.89. The van der Waals surface area contributed by atoms with Crippen LogP contribution in [-0.2, 0) is 14.3 Å². The lowest BCUT2D eigenvalue weighted by atomic mass is 10.2. The van der Waals surface area contributed by atoms with Crippen molar-refractivity contribution in [3.8, 4) is 0 Å². The Labute approximate surface area is 111 Å². The van der Waals surface area contributed by atoms with Crippen LogP contribution in [0.1, 0.15) is 17.3 Å². The molecular weight excluding hydrogens is 306 g/mol. The van der Waals surface area contributed by atoms with Gasteiger partial charge in [0, 0.05) is 4.47 Å². The van der Waals surface area contributed by atoms with Gasteiger partial charge in [0.05, 0.1) is 17.9 Å². The minimum atomic E-state index is -1.21. The Balaban J connectivity index is 2.94. The quantitative estimate of drug-likeness (QED) is 0.653. The van der Waals surface area contributed by atoms with Crippen LogP contribution in [0.25, 0.3) is 0 Å². The third kappa shape index (κ3) is 3.56. The average molecular weight is 316 g/mol. The summed E-state index contributed by atoms with van der Waals surface area (Å²) in [4.78, 5) is 33.4. The summed E-state index contributed by atoms with van der Waals surface area (Å²) in [5, 5.41) is 11.1. The Morgan fingerprint density at radius 2 is 2.06 bits per heavy atom. The highest BCUT2D eigenvalue weighted by molar-refractivity contribution is 9.10. The molecule has 0 aromatic heterocycles. The molecule has 0 bridgehead atoms. The SMILES string of the molecule is CCOC(=O)C(=O)Nc1ccc(Br)cc1C(=O)O. The predicted octanol–water partition coefficient (Wildman–Crippen LogP) is 1.65. The second-order valence-corrected chi connectivity index (χ2v) is 4.09. The minimum absolute atomic E-state index is 0.0313. The number of rotatable bonds is 3. The van der Waals surface area contributed by atoms with Crippen LogP contribution in [0.3, 0.4) is 0 Å². The fourth-order valence-corrected chi connectivity index (χ4v) is 1.53. The highest BCUT2D eigenvalue weighted by Crippen LogP contribution is 2.21. The van der Waals surface area contributed by atoms with Gasteiger partial charge in [-0.1, -0.05) is 15.9 Å². The molecule has 6 nitrogen and oxygen atoms in total. The minimum Gasteiger partial charge on any atom is -0.478 e. The molecule has 0 saturated carbocycles. The molecule has 1 aromatic carbocycles. The van der Waals surface area contributed by atoms with E-state index in [0.717, 1.165) is 0 Å². The molecule has 0 fully saturated rings. The summed E-state index contributed by atoms with van der Waals surface area (Å²) in [6, 6.07) is 4.25. The lowest BCUT2D eigenvalue weighted by Gasteiger charge is -2.08. The molecule has 0 aliphatic rings.